The third kappa shape index (κ3) is 6.33. The standard InChI is InChI=1S/C13H15F4NO/c1-18(9-7-13(15,16)17)8-6-12(19)10-2-4-11(14)5-3-10/h2-5H,6-9H2,1H3. The van der Waals surface area contributed by atoms with Gasteiger partial charge in [-0.15, -0.1) is 0 Å². The Morgan fingerprint density at radius 1 is 1.16 bits per heavy atom. The highest BCUT2D eigenvalue weighted by atomic mass is 19.4. The Bertz CT molecular complexity index is 414. The van der Waals surface area contributed by atoms with Gasteiger partial charge >= 0.3 is 6.18 Å². The largest absolute Gasteiger partial charge is 0.390 e. The Morgan fingerprint density at radius 2 is 1.74 bits per heavy atom. The zero-order valence-corrected chi connectivity index (χ0v) is 10.5. The minimum atomic E-state index is -4.19. The molecule has 0 saturated carbocycles. The van der Waals surface area contributed by atoms with Crippen LogP contribution in [0.5, 0.6) is 0 Å². The molecule has 0 amide bonds. The molecule has 1 aromatic rings. The van der Waals surface area contributed by atoms with E-state index in [-0.39, 0.29) is 25.3 Å². The van der Waals surface area contributed by atoms with Gasteiger partial charge in [0, 0.05) is 25.1 Å². The van der Waals surface area contributed by atoms with E-state index in [4.69, 9.17) is 0 Å². The number of hydrogen-bond acceptors (Lipinski definition) is 2. The average Bonchev–Trinajstić information content (AvgIpc) is 2.33. The lowest BCUT2D eigenvalue weighted by atomic mass is 10.1. The summed E-state index contributed by atoms with van der Waals surface area (Å²) in [5.41, 5.74) is 0.366. The second-order valence-electron chi connectivity index (χ2n) is 4.35. The minimum absolute atomic E-state index is 0.111. The number of rotatable bonds is 6. The Balaban J connectivity index is 2.36. The van der Waals surface area contributed by atoms with Gasteiger partial charge in [0.05, 0.1) is 6.42 Å². The molecule has 1 aromatic carbocycles. The summed E-state index contributed by atoms with van der Waals surface area (Å²) in [5.74, 6) is -0.641. The Morgan fingerprint density at radius 3 is 2.26 bits per heavy atom. The van der Waals surface area contributed by atoms with Gasteiger partial charge in [0.15, 0.2) is 5.78 Å². The maximum absolute atomic E-state index is 12.7. The maximum Gasteiger partial charge on any atom is 0.390 e. The van der Waals surface area contributed by atoms with Gasteiger partial charge in [0.25, 0.3) is 0 Å². The van der Waals surface area contributed by atoms with Crippen molar-refractivity contribution in [1.29, 1.82) is 0 Å². The van der Waals surface area contributed by atoms with Crippen molar-refractivity contribution in [2.45, 2.75) is 19.0 Å². The summed E-state index contributed by atoms with van der Waals surface area (Å²) in [6.45, 7) is 0.104. The van der Waals surface area contributed by atoms with Crippen LogP contribution in [-0.4, -0.2) is 37.0 Å². The normalized spacial score (nSPS) is 11.9. The van der Waals surface area contributed by atoms with Crippen molar-refractivity contribution in [3.63, 3.8) is 0 Å². The summed E-state index contributed by atoms with van der Waals surface area (Å²) in [4.78, 5) is 13.1. The fourth-order valence-corrected chi connectivity index (χ4v) is 1.50. The van der Waals surface area contributed by atoms with E-state index >= 15 is 0 Å². The van der Waals surface area contributed by atoms with Crippen molar-refractivity contribution in [3.8, 4) is 0 Å². The van der Waals surface area contributed by atoms with E-state index in [9.17, 15) is 22.4 Å². The van der Waals surface area contributed by atoms with Gasteiger partial charge in [-0.05, 0) is 31.3 Å². The van der Waals surface area contributed by atoms with Crippen LogP contribution in [0.2, 0.25) is 0 Å². The molecule has 0 bridgehead atoms. The predicted octanol–water partition coefficient (Wildman–Crippen LogP) is 3.28. The summed E-state index contributed by atoms with van der Waals surface area (Å²) in [6, 6.07) is 5.10. The number of alkyl halides is 3. The molecule has 106 valence electrons. The van der Waals surface area contributed by atoms with E-state index in [0.29, 0.717) is 5.56 Å². The quantitative estimate of drug-likeness (QED) is 0.587. The lowest BCUT2D eigenvalue weighted by Gasteiger charge is -2.17. The molecular weight excluding hydrogens is 262 g/mol. The van der Waals surface area contributed by atoms with Gasteiger partial charge in [-0.25, -0.2) is 4.39 Å². The van der Waals surface area contributed by atoms with E-state index in [2.05, 4.69) is 0 Å². The molecule has 0 heterocycles. The molecule has 1 rings (SSSR count). The second-order valence-corrected chi connectivity index (χ2v) is 4.35. The molecule has 0 unspecified atom stereocenters. The van der Waals surface area contributed by atoms with Crippen LogP contribution in [0.4, 0.5) is 17.6 Å². The highest BCUT2D eigenvalue weighted by Crippen LogP contribution is 2.19. The highest BCUT2D eigenvalue weighted by Gasteiger charge is 2.27. The number of carbonyl (C=O) groups excluding carboxylic acids is 1. The number of nitrogens with zero attached hydrogens (tertiary/aromatic N) is 1. The third-order valence-corrected chi connectivity index (χ3v) is 2.66. The molecule has 0 aliphatic rings. The molecule has 0 aliphatic carbocycles. The van der Waals surface area contributed by atoms with Crippen LogP contribution in [-0.2, 0) is 0 Å². The van der Waals surface area contributed by atoms with Crippen molar-refractivity contribution in [1.82, 2.24) is 4.90 Å². The molecule has 0 atom stereocenters. The summed E-state index contributed by atoms with van der Waals surface area (Å²) in [5, 5.41) is 0. The number of benzene rings is 1. The van der Waals surface area contributed by atoms with Gasteiger partial charge in [0.2, 0.25) is 0 Å². The van der Waals surface area contributed by atoms with Crippen molar-refractivity contribution >= 4 is 5.78 Å². The number of Topliss-reactive ketones (excluding diaryl/α,β-unsaturated/α-hetero) is 1. The van der Waals surface area contributed by atoms with Crippen molar-refractivity contribution in [3.05, 3.63) is 35.6 Å². The average molecular weight is 277 g/mol. The smallest absolute Gasteiger partial charge is 0.306 e. The third-order valence-electron chi connectivity index (χ3n) is 2.66. The van der Waals surface area contributed by atoms with Gasteiger partial charge < -0.3 is 4.90 Å². The number of ketones is 1. The van der Waals surface area contributed by atoms with Crippen LogP contribution in [0.1, 0.15) is 23.2 Å². The van der Waals surface area contributed by atoms with Gasteiger partial charge in [-0.3, -0.25) is 4.79 Å². The molecule has 0 saturated heterocycles. The Kier molecular flexibility index (Phi) is 5.47. The van der Waals surface area contributed by atoms with Crippen LogP contribution in [0.15, 0.2) is 24.3 Å². The number of hydrogen-bond donors (Lipinski definition) is 0. The van der Waals surface area contributed by atoms with E-state index in [1.54, 1.807) is 0 Å². The lowest BCUT2D eigenvalue weighted by Crippen LogP contribution is -2.26. The predicted molar refractivity (Wildman–Crippen MR) is 63.5 cm³/mol. The monoisotopic (exact) mass is 277 g/mol. The molecule has 0 spiro atoms. The summed E-state index contributed by atoms with van der Waals surface area (Å²) >= 11 is 0. The van der Waals surface area contributed by atoms with Crippen molar-refractivity contribution < 1.29 is 22.4 Å². The summed E-state index contributed by atoms with van der Waals surface area (Å²) < 4.78 is 48.6. The zero-order valence-electron chi connectivity index (χ0n) is 10.5. The van der Waals surface area contributed by atoms with Crippen LogP contribution in [0.25, 0.3) is 0 Å². The first-order valence-electron chi connectivity index (χ1n) is 5.82. The lowest BCUT2D eigenvalue weighted by molar-refractivity contribution is -0.137. The SMILES string of the molecule is CN(CCC(=O)c1ccc(F)cc1)CCC(F)(F)F. The molecule has 2 nitrogen and oxygen atoms in total. The van der Waals surface area contributed by atoms with Crippen LogP contribution in [0.3, 0.4) is 0 Å². The van der Waals surface area contributed by atoms with E-state index in [1.165, 1.54) is 36.2 Å². The van der Waals surface area contributed by atoms with Crippen LogP contribution < -0.4 is 0 Å². The molecule has 0 radical (unpaired) electrons. The molecule has 0 N–H and O–H groups in total. The maximum atomic E-state index is 12.7. The second kappa shape index (κ2) is 6.65. The number of carbonyl (C=O) groups is 1. The van der Waals surface area contributed by atoms with E-state index in [1.807, 2.05) is 0 Å². The summed E-state index contributed by atoms with van der Waals surface area (Å²) in [6.07, 6.45) is -4.97. The zero-order chi connectivity index (χ0) is 14.5. The van der Waals surface area contributed by atoms with Crippen LogP contribution >= 0.6 is 0 Å². The molecule has 0 aliphatic heterocycles. The number of halogens is 4. The van der Waals surface area contributed by atoms with Gasteiger partial charge in [-0.2, -0.15) is 13.2 Å². The first kappa shape index (κ1) is 15.6. The molecule has 0 aromatic heterocycles. The first-order chi connectivity index (χ1) is 8.78. The molecule has 0 fully saturated rings. The first-order valence-corrected chi connectivity index (χ1v) is 5.82. The molecule has 6 heteroatoms. The molecular formula is C13H15F4NO. The van der Waals surface area contributed by atoms with Crippen molar-refractivity contribution in [2.24, 2.45) is 0 Å². The Labute approximate surface area is 109 Å². The van der Waals surface area contributed by atoms with Gasteiger partial charge in [0.1, 0.15) is 5.82 Å². The van der Waals surface area contributed by atoms with E-state index in [0.717, 1.165) is 0 Å². The van der Waals surface area contributed by atoms with Crippen molar-refractivity contribution in [2.75, 3.05) is 20.1 Å². The van der Waals surface area contributed by atoms with Crippen LogP contribution in [0, 0.1) is 5.82 Å². The van der Waals surface area contributed by atoms with Gasteiger partial charge in [-0.1, -0.05) is 0 Å². The van der Waals surface area contributed by atoms with E-state index < -0.39 is 18.4 Å². The Hall–Kier alpha value is -1.43. The topological polar surface area (TPSA) is 20.3 Å². The highest BCUT2D eigenvalue weighted by molar-refractivity contribution is 5.96. The fourth-order valence-electron chi connectivity index (χ4n) is 1.50. The summed E-state index contributed by atoms with van der Waals surface area (Å²) in [7, 11) is 1.53. The fraction of sp³-hybridized carbons (Fsp3) is 0.462. The minimum Gasteiger partial charge on any atom is -0.306 e. The molecule has 19 heavy (non-hydrogen) atoms.